The van der Waals surface area contributed by atoms with Crippen molar-refractivity contribution in [3.05, 3.63) is 39.9 Å². The van der Waals surface area contributed by atoms with E-state index in [4.69, 9.17) is 4.74 Å². The molecule has 2 atom stereocenters. The minimum Gasteiger partial charge on any atom is -0.383 e. The van der Waals surface area contributed by atoms with E-state index in [-0.39, 0.29) is 5.69 Å². The van der Waals surface area contributed by atoms with E-state index in [2.05, 4.69) is 20.8 Å². The molecule has 2 heterocycles. The van der Waals surface area contributed by atoms with E-state index in [1.165, 1.54) is 17.0 Å². The Kier molecular flexibility index (Phi) is 5.73. The Morgan fingerprint density at radius 1 is 1.45 bits per heavy atom. The van der Waals surface area contributed by atoms with Crippen molar-refractivity contribution in [2.75, 3.05) is 27.3 Å². The molecular weight excluding hydrogens is 382 g/mol. The molecule has 3 amide bonds. The number of hydrazone groups is 1. The quantitative estimate of drug-likeness (QED) is 0.390. The lowest BCUT2D eigenvalue weighted by Gasteiger charge is -2.35. The van der Waals surface area contributed by atoms with Crippen LogP contribution in [-0.4, -0.2) is 77.8 Å². The Morgan fingerprint density at radius 2 is 2.21 bits per heavy atom. The number of aliphatic imine (C=N–C) groups is 1. The second kappa shape index (κ2) is 8.22. The van der Waals surface area contributed by atoms with Gasteiger partial charge < -0.3 is 14.5 Å². The molecular formula is C17H21N7O5. The highest BCUT2D eigenvalue weighted by molar-refractivity contribution is 6.04. The lowest BCUT2D eigenvalue weighted by Crippen LogP contribution is -2.64. The molecule has 1 aromatic rings. The highest BCUT2D eigenvalue weighted by Crippen LogP contribution is 2.23. The Labute approximate surface area is 166 Å². The molecule has 12 heteroatoms. The number of nitro groups is 1. The van der Waals surface area contributed by atoms with Gasteiger partial charge in [0, 0.05) is 38.4 Å². The van der Waals surface area contributed by atoms with Gasteiger partial charge in [0.2, 0.25) is 5.96 Å². The molecule has 0 saturated carbocycles. The molecule has 2 N–H and O–H groups in total. The number of urea groups is 1. The molecule has 0 bridgehead atoms. The van der Waals surface area contributed by atoms with Crippen molar-refractivity contribution in [1.29, 1.82) is 0 Å². The summed E-state index contributed by atoms with van der Waals surface area (Å²) < 4.78 is 5.11. The number of carbonyl (C=O) groups excluding carboxylic acids is 2. The van der Waals surface area contributed by atoms with Crippen LogP contribution in [-0.2, 0) is 9.53 Å². The van der Waals surface area contributed by atoms with Crippen LogP contribution in [0.15, 0.2) is 34.4 Å². The first-order valence-electron chi connectivity index (χ1n) is 8.79. The fourth-order valence-corrected chi connectivity index (χ4v) is 3.10. The number of guanidine groups is 1. The molecule has 3 rings (SSSR count). The van der Waals surface area contributed by atoms with Crippen molar-refractivity contribution >= 4 is 29.3 Å². The number of amides is 3. The van der Waals surface area contributed by atoms with Crippen molar-refractivity contribution in [2.24, 2.45) is 10.1 Å². The van der Waals surface area contributed by atoms with Gasteiger partial charge in [-0.15, -0.1) is 0 Å². The maximum atomic E-state index is 12.4. The van der Waals surface area contributed by atoms with Crippen LogP contribution < -0.4 is 10.7 Å². The third kappa shape index (κ3) is 4.01. The highest BCUT2D eigenvalue weighted by Gasteiger charge is 2.48. The zero-order chi connectivity index (χ0) is 21.1. The molecule has 12 nitrogen and oxygen atoms in total. The summed E-state index contributed by atoms with van der Waals surface area (Å²) >= 11 is 0. The van der Waals surface area contributed by atoms with E-state index in [0.29, 0.717) is 30.4 Å². The van der Waals surface area contributed by atoms with E-state index in [9.17, 15) is 19.7 Å². The lowest BCUT2D eigenvalue weighted by molar-refractivity contribution is -0.384. The van der Waals surface area contributed by atoms with Crippen molar-refractivity contribution in [3.8, 4) is 0 Å². The van der Waals surface area contributed by atoms with Crippen LogP contribution in [0.1, 0.15) is 12.5 Å². The minimum atomic E-state index is -0.705. The molecule has 29 heavy (non-hydrogen) atoms. The highest BCUT2D eigenvalue weighted by atomic mass is 16.6. The van der Waals surface area contributed by atoms with Crippen molar-refractivity contribution in [3.63, 3.8) is 0 Å². The molecule has 154 valence electrons. The van der Waals surface area contributed by atoms with E-state index in [1.54, 1.807) is 38.1 Å². The number of nitrogens with one attached hydrogen (secondary N) is 2. The average molecular weight is 403 g/mol. The second-order valence-electron chi connectivity index (χ2n) is 6.52. The van der Waals surface area contributed by atoms with Crippen LogP contribution in [0.4, 0.5) is 10.5 Å². The summed E-state index contributed by atoms with van der Waals surface area (Å²) in [7, 11) is 3.09. The number of nitro benzene ring substituents is 1. The Balaban J connectivity index is 1.84. The smallest absolute Gasteiger partial charge is 0.325 e. The number of imide groups is 1. The number of hydrogen-bond acceptors (Lipinski definition) is 9. The largest absolute Gasteiger partial charge is 0.383 e. The Morgan fingerprint density at radius 3 is 2.90 bits per heavy atom. The van der Waals surface area contributed by atoms with E-state index < -0.39 is 29.1 Å². The number of nitrogens with zero attached hydrogens (tertiary/aromatic N) is 5. The van der Waals surface area contributed by atoms with Crippen molar-refractivity contribution in [1.82, 2.24) is 20.5 Å². The van der Waals surface area contributed by atoms with Crippen LogP contribution in [0.2, 0.25) is 0 Å². The molecule has 1 aromatic carbocycles. The third-order valence-electron chi connectivity index (χ3n) is 4.70. The Hall–Kier alpha value is -3.54. The minimum absolute atomic E-state index is 0.0418. The third-order valence-corrected chi connectivity index (χ3v) is 4.70. The number of non-ortho nitro benzene ring substituents is 1. The lowest BCUT2D eigenvalue weighted by atomic mass is 10.1. The Bertz CT molecular complexity index is 900. The number of fused-ring (bicyclic) bond motifs is 1. The van der Waals surface area contributed by atoms with Crippen LogP contribution in [0, 0.1) is 10.1 Å². The van der Waals surface area contributed by atoms with Gasteiger partial charge in [0.15, 0.2) is 12.2 Å². The van der Waals surface area contributed by atoms with Gasteiger partial charge in [0.25, 0.3) is 11.6 Å². The normalized spacial score (nSPS) is 21.6. The maximum absolute atomic E-state index is 12.4. The fraction of sp³-hybridized carbons (Fsp3) is 0.412. The topological polar surface area (TPSA) is 142 Å². The molecule has 1 fully saturated rings. The monoisotopic (exact) mass is 403 g/mol. The van der Waals surface area contributed by atoms with Crippen LogP contribution in [0.3, 0.4) is 0 Å². The van der Waals surface area contributed by atoms with Gasteiger partial charge in [-0.25, -0.2) is 15.2 Å². The summed E-state index contributed by atoms with van der Waals surface area (Å²) in [4.78, 5) is 42.2. The second-order valence-corrected chi connectivity index (χ2v) is 6.52. The van der Waals surface area contributed by atoms with Gasteiger partial charge in [0.1, 0.15) is 0 Å². The molecule has 0 aromatic heterocycles. The number of hydrogen-bond donors (Lipinski definition) is 2. The van der Waals surface area contributed by atoms with Crippen LogP contribution >= 0.6 is 0 Å². The molecule has 0 aliphatic carbocycles. The molecule has 0 radical (unpaired) electrons. The van der Waals surface area contributed by atoms with Crippen LogP contribution in [0.25, 0.3) is 0 Å². The predicted octanol–water partition coefficient (Wildman–Crippen LogP) is 0.103. The number of benzene rings is 1. The fourth-order valence-electron chi connectivity index (χ4n) is 3.10. The summed E-state index contributed by atoms with van der Waals surface area (Å²) in [6.45, 7) is 2.38. The number of methoxy groups -OCH3 is 1. The number of rotatable bonds is 6. The number of likely N-dealkylation sites (N-methyl/N-ethyl adjacent to an activating group) is 1. The van der Waals surface area contributed by atoms with Crippen molar-refractivity contribution < 1.29 is 19.2 Å². The van der Waals surface area contributed by atoms with Gasteiger partial charge in [-0.1, -0.05) is 12.1 Å². The van der Waals surface area contributed by atoms with E-state index in [0.717, 1.165) is 0 Å². The maximum Gasteiger partial charge on any atom is 0.325 e. The SMILES string of the molecule is COCCN1C(N/N=C(\C)c2cccc([N+](=O)[O-])c2)=NC2C1C(=O)NC(=O)N2C. The first-order valence-corrected chi connectivity index (χ1v) is 8.79. The van der Waals surface area contributed by atoms with Gasteiger partial charge >= 0.3 is 6.03 Å². The van der Waals surface area contributed by atoms with E-state index in [1.807, 2.05) is 0 Å². The summed E-state index contributed by atoms with van der Waals surface area (Å²) in [5.74, 6) is -0.146. The summed E-state index contributed by atoms with van der Waals surface area (Å²) in [5, 5.41) is 17.5. The molecule has 1 saturated heterocycles. The molecule has 2 aliphatic heterocycles. The molecule has 0 spiro atoms. The average Bonchev–Trinajstić information content (AvgIpc) is 3.07. The summed E-state index contributed by atoms with van der Waals surface area (Å²) in [6, 6.07) is 4.86. The molecule has 2 unspecified atom stereocenters. The van der Waals surface area contributed by atoms with Gasteiger partial charge in [-0.2, -0.15) is 5.10 Å². The van der Waals surface area contributed by atoms with Gasteiger partial charge in [-0.05, 0) is 6.92 Å². The zero-order valence-corrected chi connectivity index (χ0v) is 16.2. The number of ether oxygens (including phenoxy) is 1. The van der Waals surface area contributed by atoms with Gasteiger partial charge in [0.05, 0.1) is 17.2 Å². The summed E-state index contributed by atoms with van der Waals surface area (Å²) in [6.07, 6.45) is -0.691. The predicted molar refractivity (Wildman–Crippen MR) is 103 cm³/mol. The number of carbonyl (C=O) groups is 2. The van der Waals surface area contributed by atoms with Crippen LogP contribution in [0.5, 0.6) is 0 Å². The van der Waals surface area contributed by atoms with E-state index >= 15 is 0 Å². The van der Waals surface area contributed by atoms with Gasteiger partial charge in [-0.3, -0.25) is 20.2 Å². The first kappa shape index (κ1) is 20.2. The molecule has 2 aliphatic rings. The zero-order valence-electron chi connectivity index (χ0n) is 16.2. The van der Waals surface area contributed by atoms with Crippen molar-refractivity contribution in [2.45, 2.75) is 19.1 Å². The summed E-state index contributed by atoms with van der Waals surface area (Å²) in [5.41, 5.74) is 3.84. The first-order chi connectivity index (χ1) is 13.8. The standard InChI is InChI=1S/C17H21N7O5/c1-10(11-5-4-6-12(9-11)24(27)28)20-21-16-18-14-13(23(16)7-8-29-3)15(25)19-17(26)22(14)2/h4-6,9,13-14H,7-8H2,1-3H3,(H,18,21)(H,19,25,26)/b20-10+.